The number of rotatable bonds is 7. The van der Waals surface area contributed by atoms with Gasteiger partial charge in [-0.15, -0.1) is 0 Å². The molecule has 1 N–H and O–H groups in total. The fourth-order valence-corrected chi connectivity index (χ4v) is 3.29. The number of nitrogens with one attached hydrogen (secondary N) is 1. The summed E-state index contributed by atoms with van der Waals surface area (Å²) in [5, 5.41) is 3.51. The van der Waals surface area contributed by atoms with E-state index in [0.29, 0.717) is 0 Å². The molecule has 0 bridgehead atoms. The van der Waals surface area contributed by atoms with Crippen molar-refractivity contribution in [2.45, 2.75) is 39.2 Å². The first-order valence-electron chi connectivity index (χ1n) is 9.49. The van der Waals surface area contributed by atoms with E-state index in [4.69, 9.17) is 9.59 Å². The minimum Gasteiger partial charge on any atom is -0.385 e. The van der Waals surface area contributed by atoms with Gasteiger partial charge >= 0.3 is 0 Å². The second-order valence-electron chi connectivity index (χ2n) is 6.65. The predicted molar refractivity (Wildman–Crippen MR) is 113 cm³/mol. The molecule has 0 spiro atoms. The number of carbonyl (C=O) groups is 2. The summed E-state index contributed by atoms with van der Waals surface area (Å²) in [6, 6.07) is 17.6. The van der Waals surface area contributed by atoms with Gasteiger partial charge < -0.3 is 14.9 Å². The van der Waals surface area contributed by atoms with Crippen molar-refractivity contribution in [3.8, 4) is 0 Å². The number of benzene rings is 2. The summed E-state index contributed by atoms with van der Waals surface area (Å²) in [5.74, 6) is 0. The number of unbranched alkanes of at least 4 members (excludes halogenated alkanes) is 2. The lowest BCUT2D eigenvalue weighted by atomic mass is 10.00. The average Bonchev–Trinajstić information content (AvgIpc) is 2.74. The second kappa shape index (κ2) is 13.7. The van der Waals surface area contributed by atoms with Gasteiger partial charge in [0.2, 0.25) is 0 Å². The Hall–Kier alpha value is -2.46. The van der Waals surface area contributed by atoms with E-state index in [2.05, 4.69) is 65.7 Å². The van der Waals surface area contributed by atoms with Crippen molar-refractivity contribution < 1.29 is 9.59 Å². The summed E-state index contributed by atoms with van der Waals surface area (Å²) < 4.78 is 0. The van der Waals surface area contributed by atoms with Crippen LogP contribution in [0.15, 0.2) is 48.5 Å². The standard InChI is InChI=1S/C21H28N2.2CH2O/c1-18-9-11-21(12-10-18)22-14-5-2-6-15-23-16-13-19-7-3-4-8-20(19)17-23;2*1-2/h3-4,7-12,22H,2,5-6,13-17H2,1H3;2*1H2. The monoisotopic (exact) mass is 368 g/mol. The van der Waals surface area contributed by atoms with Gasteiger partial charge in [-0.2, -0.15) is 0 Å². The zero-order valence-corrected chi connectivity index (χ0v) is 16.5. The summed E-state index contributed by atoms with van der Waals surface area (Å²) in [7, 11) is 0. The third-order valence-electron chi connectivity index (χ3n) is 4.74. The quantitative estimate of drug-likeness (QED) is 0.742. The first-order chi connectivity index (χ1) is 13.3. The molecule has 4 nitrogen and oxygen atoms in total. The van der Waals surface area contributed by atoms with Gasteiger partial charge in [0, 0.05) is 25.3 Å². The third kappa shape index (κ3) is 8.18. The largest absolute Gasteiger partial charge is 0.385 e. The topological polar surface area (TPSA) is 49.4 Å². The molecule has 0 aromatic heterocycles. The van der Waals surface area contributed by atoms with Crippen LogP contribution in [-0.2, 0) is 22.6 Å². The van der Waals surface area contributed by atoms with E-state index in [1.54, 1.807) is 5.56 Å². The van der Waals surface area contributed by atoms with Crippen molar-refractivity contribution in [1.82, 2.24) is 4.90 Å². The lowest BCUT2D eigenvalue weighted by Gasteiger charge is -2.28. The maximum absolute atomic E-state index is 8.00. The smallest absolute Gasteiger partial charge is 0.106 e. The van der Waals surface area contributed by atoms with Crippen molar-refractivity contribution in [2.24, 2.45) is 0 Å². The summed E-state index contributed by atoms with van der Waals surface area (Å²) in [6.45, 7) is 10.8. The van der Waals surface area contributed by atoms with Crippen LogP contribution >= 0.6 is 0 Å². The van der Waals surface area contributed by atoms with Crippen LogP contribution in [0.1, 0.15) is 36.0 Å². The van der Waals surface area contributed by atoms with Crippen LogP contribution in [0.2, 0.25) is 0 Å². The molecule has 2 aromatic rings. The van der Waals surface area contributed by atoms with Gasteiger partial charge in [0.25, 0.3) is 0 Å². The van der Waals surface area contributed by atoms with E-state index in [0.717, 1.165) is 13.1 Å². The lowest BCUT2D eigenvalue weighted by Crippen LogP contribution is -2.31. The van der Waals surface area contributed by atoms with E-state index in [1.165, 1.54) is 55.6 Å². The minimum atomic E-state index is 1.08. The van der Waals surface area contributed by atoms with Gasteiger partial charge in [0.15, 0.2) is 0 Å². The first kappa shape index (κ1) is 22.6. The number of fused-ring (bicyclic) bond motifs is 1. The Kier molecular flexibility index (Phi) is 11.5. The Bertz CT molecular complexity index is 641. The maximum atomic E-state index is 8.00. The number of anilines is 1. The van der Waals surface area contributed by atoms with Gasteiger partial charge in [-0.25, -0.2) is 0 Å². The summed E-state index contributed by atoms with van der Waals surface area (Å²) in [5.41, 5.74) is 5.63. The molecule has 0 unspecified atom stereocenters. The minimum absolute atomic E-state index is 1.08. The zero-order chi connectivity index (χ0) is 19.9. The maximum Gasteiger partial charge on any atom is 0.106 e. The van der Waals surface area contributed by atoms with Crippen LogP contribution < -0.4 is 5.32 Å². The van der Waals surface area contributed by atoms with Gasteiger partial charge in [-0.05, 0) is 56.0 Å². The molecular formula is C23H32N2O2. The third-order valence-corrected chi connectivity index (χ3v) is 4.74. The molecule has 1 heterocycles. The SMILES string of the molecule is C=O.C=O.Cc1ccc(NCCCCCN2CCc3ccccc3C2)cc1. The summed E-state index contributed by atoms with van der Waals surface area (Å²) >= 11 is 0. The molecule has 0 amide bonds. The van der Waals surface area contributed by atoms with Gasteiger partial charge in [-0.3, -0.25) is 4.90 Å². The van der Waals surface area contributed by atoms with Gasteiger partial charge in [0.05, 0.1) is 0 Å². The Balaban J connectivity index is 0.000000855. The normalized spacial score (nSPS) is 12.6. The van der Waals surface area contributed by atoms with Crippen molar-refractivity contribution in [3.05, 3.63) is 65.2 Å². The van der Waals surface area contributed by atoms with Crippen LogP contribution in [0.4, 0.5) is 5.69 Å². The first-order valence-corrected chi connectivity index (χ1v) is 9.49. The molecule has 1 aliphatic rings. The molecule has 4 heteroatoms. The van der Waals surface area contributed by atoms with E-state index in [1.807, 2.05) is 13.6 Å². The Labute approximate surface area is 163 Å². The fraction of sp³-hybridized carbons (Fsp3) is 0.391. The number of hydrogen-bond acceptors (Lipinski definition) is 4. The molecule has 2 aromatic carbocycles. The highest BCUT2D eigenvalue weighted by Gasteiger charge is 2.14. The lowest BCUT2D eigenvalue weighted by molar-refractivity contribution is -0.0987. The molecule has 3 rings (SSSR count). The van der Waals surface area contributed by atoms with Gasteiger partial charge in [0.1, 0.15) is 13.6 Å². The Morgan fingerprint density at radius 2 is 1.56 bits per heavy atom. The fourth-order valence-electron chi connectivity index (χ4n) is 3.29. The van der Waals surface area contributed by atoms with Crippen LogP contribution in [0.5, 0.6) is 0 Å². The van der Waals surface area contributed by atoms with E-state index >= 15 is 0 Å². The Morgan fingerprint density at radius 3 is 2.26 bits per heavy atom. The highest BCUT2D eigenvalue weighted by atomic mass is 16.1. The zero-order valence-electron chi connectivity index (χ0n) is 16.5. The number of nitrogens with zero attached hydrogens (tertiary/aromatic N) is 1. The predicted octanol–water partition coefficient (Wildman–Crippen LogP) is 4.27. The number of aryl methyl sites for hydroxylation is 1. The average molecular weight is 369 g/mol. The van der Waals surface area contributed by atoms with E-state index in [9.17, 15) is 0 Å². The van der Waals surface area contributed by atoms with Crippen LogP contribution in [0, 0.1) is 6.92 Å². The molecule has 0 aliphatic carbocycles. The van der Waals surface area contributed by atoms with E-state index in [-0.39, 0.29) is 0 Å². The molecule has 0 saturated carbocycles. The van der Waals surface area contributed by atoms with Crippen LogP contribution in [-0.4, -0.2) is 38.1 Å². The molecule has 27 heavy (non-hydrogen) atoms. The number of carbonyl (C=O) groups excluding carboxylic acids is 2. The van der Waals surface area contributed by atoms with Crippen molar-refractivity contribution in [1.29, 1.82) is 0 Å². The Morgan fingerprint density at radius 1 is 0.889 bits per heavy atom. The molecule has 146 valence electrons. The van der Waals surface area contributed by atoms with Crippen LogP contribution in [0.25, 0.3) is 0 Å². The molecule has 0 atom stereocenters. The number of hydrogen-bond donors (Lipinski definition) is 1. The molecule has 0 fully saturated rings. The summed E-state index contributed by atoms with van der Waals surface area (Å²) in [4.78, 5) is 18.6. The highest BCUT2D eigenvalue weighted by molar-refractivity contribution is 5.44. The molecule has 0 radical (unpaired) electrons. The second-order valence-corrected chi connectivity index (χ2v) is 6.65. The van der Waals surface area contributed by atoms with Crippen LogP contribution in [0.3, 0.4) is 0 Å². The van der Waals surface area contributed by atoms with Gasteiger partial charge in [-0.1, -0.05) is 48.4 Å². The highest BCUT2D eigenvalue weighted by Crippen LogP contribution is 2.18. The molecule has 0 saturated heterocycles. The summed E-state index contributed by atoms with van der Waals surface area (Å²) in [6.07, 6.45) is 5.07. The molecule has 1 aliphatic heterocycles. The molecular weight excluding hydrogens is 336 g/mol. The van der Waals surface area contributed by atoms with Crippen molar-refractivity contribution >= 4 is 19.3 Å². The van der Waals surface area contributed by atoms with Crippen molar-refractivity contribution in [2.75, 3.05) is 25.0 Å². The van der Waals surface area contributed by atoms with Crippen molar-refractivity contribution in [3.63, 3.8) is 0 Å². The van der Waals surface area contributed by atoms with E-state index < -0.39 is 0 Å².